The third-order valence-corrected chi connectivity index (χ3v) is 3.91. The summed E-state index contributed by atoms with van der Waals surface area (Å²) in [6.45, 7) is 5.66. The molecule has 0 fully saturated rings. The minimum absolute atomic E-state index is 0.123. The number of hydrogen-bond donors (Lipinski definition) is 2. The molecule has 146 valence electrons. The smallest absolute Gasteiger partial charge is 0.272 e. The number of H-pyrrole nitrogens is 2. The number of aromatic nitrogens is 3. The maximum Gasteiger partial charge on any atom is 0.272 e. The summed E-state index contributed by atoms with van der Waals surface area (Å²) in [5, 5.41) is -0.552. The lowest BCUT2D eigenvalue weighted by atomic mass is 9.92. The molecule has 0 saturated heterocycles. The highest BCUT2D eigenvalue weighted by Crippen LogP contribution is 2.25. The van der Waals surface area contributed by atoms with Crippen molar-refractivity contribution in [2.75, 3.05) is 0 Å². The zero-order chi connectivity index (χ0) is 20.6. The van der Waals surface area contributed by atoms with Gasteiger partial charge in [0.2, 0.25) is 0 Å². The number of nitrogens with zero attached hydrogens (tertiary/aromatic N) is 1. The molecule has 3 rings (SSSR count). The summed E-state index contributed by atoms with van der Waals surface area (Å²) in [4.78, 5) is 33.2. The van der Waals surface area contributed by atoms with E-state index in [4.69, 9.17) is 4.42 Å². The Morgan fingerprint density at radius 1 is 0.964 bits per heavy atom. The monoisotopic (exact) mass is 391 g/mol. The average Bonchev–Trinajstić information content (AvgIpc) is 3.08. The highest BCUT2D eigenvalue weighted by Gasteiger charge is 2.22. The van der Waals surface area contributed by atoms with Crippen molar-refractivity contribution in [3.8, 4) is 0 Å². The van der Waals surface area contributed by atoms with Gasteiger partial charge in [-0.15, -0.1) is 0 Å². The van der Waals surface area contributed by atoms with Crippen LogP contribution in [0, 0.1) is 17.5 Å². The number of hydrogen-bond acceptors (Lipinski definition) is 4. The van der Waals surface area contributed by atoms with Crippen molar-refractivity contribution in [3.05, 3.63) is 84.4 Å². The van der Waals surface area contributed by atoms with Gasteiger partial charge in [-0.25, -0.2) is 18.2 Å². The third kappa shape index (κ3) is 3.68. The molecule has 3 aromatic rings. The van der Waals surface area contributed by atoms with Crippen LogP contribution in [-0.4, -0.2) is 15.0 Å². The van der Waals surface area contributed by atoms with Gasteiger partial charge in [0.1, 0.15) is 28.0 Å². The Bertz CT molecular complexity index is 1280. The fraction of sp³-hybridized carbons (Fsp3) is 0.211. The summed E-state index contributed by atoms with van der Waals surface area (Å²) < 4.78 is 46.2. The zero-order valence-electron chi connectivity index (χ0n) is 15.2. The van der Waals surface area contributed by atoms with Crippen LogP contribution in [0.4, 0.5) is 13.2 Å². The number of rotatable bonds is 2. The van der Waals surface area contributed by atoms with Gasteiger partial charge in [-0.2, -0.15) is 0 Å². The fourth-order valence-corrected chi connectivity index (χ4v) is 2.57. The van der Waals surface area contributed by atoms with E-state index < -0.39 is 44.9 Å². The molecule has 0 spiro atoms. The standard InChI is InChI=1S/C19H16F3N3O3/c1-19(2,3)16-12(23-8-28-16)7-14-18(27)24-13(17(26)25-14)6-9-10(20)4-5-11(21)15(9)22/h4-8H,1-3H3,(H,24,27)(H,25,26). The van der Waals surface area contributed by atoms with Crippen molar-refractivity contribution >= 4 is 12.2 Å². The van der Waals surface area contributed by atoms with E-state index in [-0.39, 0.29) is 5.35 Å². The molecule has 0 bridgehead atoms. The topological polar surface area (TPSA) is 91.8 Å². The molecule has 1 aromatic carbocycles. The molecule has 2 aromatic heterocycles. The van der Waals surface area contributed by atoms with Crippen LogP contribution in [0.5, 0.6) is 0 Å². The van der Waals surface area contributed by atoms with Gasteiger partial charge >= 0.3 is 0 Å². The zero-order valence-corrected chi connectivity index (χ0v) is 15.2. The van der Waals surface area contributed by atoms with Gasteiger partial charge < -0.3 is 14.4 Å². The number of aromatic amines is 2. The van der Waals surface area contributed by atoms with Crippen molar-refractivity contribution in [1.29, 1.82) is 0 Å². The van der Waals surface area contributed by atoms with Gasteiger partial charge in [-0.3, -0.25) is 9.59 Å². The first kappa shape index (κ1) is 19.4. The van der Waals surface area contributed by atoms with Crippen LogP contribution in [0.3, 0.4) is 0 Å². The van der Waals surface area contributed by atoms with Crippen molar-refractivity contribution in [2.24, 2.45) is 0 Å². The van der Waals surface area contributed by atoms with E-state index in [1.54, 1.807) is 0 Å². The maximum absolute atomic E-state index is 13.8. The summed E-state index contributed by atoms with van der Waals surface area (Å²) in [6.07, 6.45) is 3.28. The molecule has 0 aliphatic heterocycles. The van der Waals surface area contributed by atoms with Gasteiger partial charge in [0.05, 0.1) is 5.56 Å². The highest BCUT2D eigenvalue weighted by molar-refractivity contribution is 5.50. The molecule has 9 heteroatoms. The Kier molecular flexibility index (Phi) is 4.84. The number of benzene rings is 1. The second-order valence-electron chi connectivity index (χ2n) is 7.10. The first-order valence-corrected chi connectivity index (χ1v) is 8.21. The van der Waals surface area contributed by atoms with Crippen LogP contribution < -0.4 is 21.8 Å². The summed E-state index contributed by atoms with van der Waals surface area (Å²) >= 11 is 0. The first-order chi connectivity index (χ1) is 13.1. The summed E-state index contributed by atoms with van der Waals surface area (Å²) in [5.41, 5.74) is -2.37. The van der Waals surface area contributed by atoms with Gasteiger partial charge in [-0.1, -0.05) is 20.8 Å². The van der Waals surface area contributed by atoms with Gasteiger partial charge in [0.25, 0.3) is 11.1 Å². The van der Waals surface area contributed by atoms with Crippen LogP contribution in [0.25, 0.3) is 12.2 Å². The maximum atomic E-state index is 13.8. The molecule has 0 radical (unpaired) electrons. The predicted octanol–water partition coefficient (Wildman–Crippen LogP) is 1.42. The lowest BCUT2D eigenvalue weighted by Crippen LogP contribution is -2.47. The van der Waals surface area contributed by atoms with E-state index >= 15 is 0 Å². The van der Waals surface area contributed by atoms with Crippen LogP contribution in [0.1, 0.15) is 37.8 Å². The number of nitrogens with one attached hydrogen (secondary N) is 2. The van der Waals surface area contributed by atoms with Crippen molar-refractivity contribution in [1.82, 2.24) is 15.0 Å². The molecule has 0 unspecified atom stereocenters. The molecular formula is C19H16F3N3O3. The van der Waals surface area contributed by atoms with E-state index in [9.17, 15) is 22.8 Å². The van der Waals surface area contributed by atoms with E-state index in [1.165, 1.54) is 12.5 Å². The number of oxazole rings is 1. The Morgan fingerprint density at radius 2 is 1.54 bits per heavy atom. The summed E-state index contributed by atoms with van der Waals surface area (Å²) in [5.74, 6) is -3.31. The summed E-state index contributed by atoms with van der Waals surface area (Å²) in [7, 11) is 0. The SMILES string of the molecule is CC(C)(C)c1ocnc1C=c1[nH]c(=O)c(=Cc2c(F)ccc(F)c2F)[nH]c1=O. The average molecular weight is 391 g/mol. The molecule has 0 aliphatic carbocycles. The van der Waals surface area contributed by atoms with Gasteiger partial charge in [-0.05, 0) is 24.3 Å². The lowest BCUT2D eigenvalue weighted by Gasteiger charge is -2.14. The molecule has 0 atom stereocenters. The van der Waals surface area contributed by atoms with Crippen LogP contribution in [0.15, 0.2) is 32.5 Å². The Balaban J connectivity index is 2.19. The van der Waals surface area contributed by atoms with E-state index in [0.29, 0.717) is 17.5 Å². The largest absolute Gasteiger partial charge is 0.447 e. The first-order valence-electron chi connectivity index (χ1n) is 8.21. The Hall–Kier alpha value is -3.36. The minimum Gasteiger partial charge on any atom is -0.447 e. The lowest BCUT2D eigenvalue weighted by molar-refractivity contribution is 0.407. The normalized spacial score (nSPS) is 13.4. The van der Waals surface area contributed by atoms with Crippen LogP contribution in [0.2, 0.25) is 0 Å². The third-order valence-electron chi connectivity index (χ3n) is 3.91. The molecule has 0 saturated carbocycles. The summed E-state index contributed by atoms with van der Waals surface area (Å²) in [6, 6.07) is 1.34. The van der Waals surface area contributed by atoms with Gasteiger partial charge in [0, 0.05) is 5.41 Å². The number of halogens is 3. The molecule has 2 heterocycles. The Morgan fingerprint density at radius 3 is 2.14 bits per heavy atom. The fourth-order valence-electron chi connectivity index (χ4n) is 2.57. The van der Waals surface area contributed by atoms with E-state index in [1.807, 2.05) is 20.8 Å². The predicted molar refractivity (Wildman–Crippen MR) is 95.6 cm³/mol. The van der Waals surface area contributed by atoms with E-state index in [0.717, 1.165) is 12.1 Å². The molecule has 6 nitrogen and oxygen atoms in total. The quantitative estimate of drug-likeness (QED) is 0.647. The minimum atomic E-state index is -1.46. The van der Waals surface area contributed by atoms with Crippen molar-refractivity contribution < 1.29 is 17.6 Å². The molecule has 0 amide bonds. The molecule has 0 aliphatic rings. The van der Waals surface area contributed by atoms with Crippen LogP contribution in [-0.2, 0) is 5.41 Å². The van der Waals surface area contributed by atoms with Crippen molar-refractivity contribution in [3.63, 3.8) is 0 Å². The van der Waals surface area contributed by atoms with Gasteiger partial charge in [0.15, 0.2) is 18.0 Å². The second-order valence-corrected chi connectivity index (χ2v) is 7.10. The highest BCUT2D eigenvalue weighted by atomic mass is 19.2. The molecule has 28 heavy (non-hydrogen) atoms. The molecule has 2 N–H and O–H groups in total. The van der Waals surface area contributed by atoms with E-state index in [2.05, 4.69) is 15.0 Å². The second kappa shape index (κ2) is 6.99. The molecular weight excluding hydrogens is 375 g/mol. The Labute approximate surface area is 156 Å². The van der Waals surface area contributed by atoms with Crippen molar-refractivity contribution in [2.45, 2.75) is 26.2 Å². The van der Waals surface area contributed by atoms with Crippen LogP contribution >= 0.6 is 0 Å².